The SMILES string of the molecule is C.COc1ccc(Oc2c(C(F)(F)F)oc3c(CN4CCCCC4C)c(O)ccc3c2=O)cc1. The molecule has 9 heteroatoms. The van der Waals surface area contributed by atoms with E-state index in [1.807, 2.05) is 6.92 Å². The maximum Gasteiger partial charge on any atom is 0.453 e. The standard InChI is InChI=1S/C24H24F3NO5.CH4/c1-14-5-3-4-12-28(14)13-18-19(29)11-10-17-20(30)22(23(24(25,26)27)33-21(17)18)32-16-8-6-15(31-2)7-9-16;/h6-11,14,29H,3-5,12-13H2,1-2H3;1H4. The number of piperidine rings is 1. The monoisotopic (exact) mass is 479 g/mol. The van der Waals surface area contributed by atoms with Crippen LogP contribution < -0.4 is 14.9 Å². The fourth-order valence-corrected chi connectivity index (χ4v) is 4.08. The molecule has 0 bridgehead atoms. The van der Waals surface area contributed by atoms with Crippen LogP contribution in [0.1, 0.15) is 44.9 Å². The number of phenolic OH excluding ortho intramolecular Hbond substituents is 1. The Morgan fingerprint density at radius 3 is 2.41 bits per heavy atom. The van der Waals surface area contributed by atoms with Crippen molar-refractivity contribution < 1.29 is 32.2 Å². The van der Waals surface area contributed by atoms with E-state index in [0.29, 0.717) is 5.75 Å². The molecule has 1 aliphatic rings. The van der Waals surface area contributed by atoms with Crippen molar-refractivity contribution in [2.24, 2.45) is 0 Å². The third-order valence-electron chi connectivity index (χ3n) is 5.94. The average Bonchev–Trinajstić information content (AvgIpc) is 2.78. The number of hydrogen-bond donors (Lipinski definition) is 1. The Morgan fingerprint density at radius 2 is 1.79 bits per heavy atom. The molecule has 184 valence electrons. The molecule has 4 rings (SSSR count). The van der Waals surface area contributed by atoms with Crippen molar-refractivity contribution in [1.29, 1.82) is 0 Å². The molecule has 1 unspecified atom stereocenters. The molecular formula is C25H28F3NO5. The number of methoxy groups -OCH3 is 1. The molecule has 1 aliphatic heterocycles. The second kappa shape index (κ2) is 9.97. The summed E-state index contributed by atoms with van der Waals surface area (Å²) in [6, 6.07) is 8.53. The van der Waals surface area contributed by atoms with Gasteiger partial charge < -0.3 is 19.0 Å². The predicted molar refractivity (Wildman–Crippen MR) is 123 cm³/mol. The normalized spacial score (nSPS) is 16.8. The Hall–Kier alpha value is -3.20. The molecule has 2 heterocycles. The van der Waals surface area contributed by atoms with Crippen LogP contribution in [0.4, 0.5) is 13.2 Å². The first-order chi connectivity index (χ1) is 15.7. The van der Waals surface area contributed by atoms with E-state index in [2.05, 4.69) is 4.90 Å². The summed E-state index contributed by atoms with van der Waals surface area (Å²) >= 11 is 0. The van der Waals surface area contributed by atoms with Crippen LogP contribution in [0, 0.1) is 0 Å². The van der Waals surface area contributed by atoms with Gasteiger partial charge in [0.15, 0.2) is 0 Å². The summed E-state index contributed by atoms with van der Waals surface area (Å²) in [5.41, 5.74) is -1.10. The Kier molecular flexibility index (Phi) is 7.45. The highest BCUT2D eigenvalue weighted by Crippen LogP contribution is 2.40. The number of aromatic hydroxyl groups is 1. The van der Waals surface area contributed by atoms with Crippen LogP contribution in [0.2, 0.25) is 0 Å². The van der Waals surface area contributed by atoms with E-state index >= 15 is 0 Å². The second-order valence-corrected chi connectivity index (χ2v) is 8.12. The predicted octanol–water partition coefficient (Wildman–Crippen LogP) is 6.33. The van der Waals surface area contributed by atoms with Crippen LogP contribution in [0.25, 0.3) is 11.0 Å². The molecule has 3 aromatic rings. The minimum Gasteiger partial charge on any atom is -0.507 e. The highest BCUT2D eigenvalue weighted by molar-refractivity contribution is 5.83. The number of halogens is 3. The van der Waals surface area contributed by atoms with Crippen LogP contribution in [0.3, 0.4) is 0 Å². The number of benzene rings is 2. The maximum absolute atomic E-state index is 13.9. The van der Waals surface area contributed by atoms with E-state index in [0.717, 1.165) is 25.8 Å². The van der Waals surface area contributed by atoms with Gasteiger partial charge in [-0.3, -0.25) is 9.69 Å². The van der Waals surface area contributed by atoms with Crippen molar-refractivity contribution in [2.45, 2.75) is 52.4 Å². The van der Waals surface area contributed by atoms with E-state index in [-0.39, 0.29) is 48.0 Å². The lowest BCUT2D eigenvalue weighted by atomic mass is 10.0. The van der Waals surface area contributed by atoms with Gasteiger partial charge in [0.2, 0.25) is 11.2 Å². The van der Waals surface area contributed by atoms with Gasteiger partial charge in [-0.2, -0.15) is 13.2 Å². The highest BCUT2D eigenvalue weighted by Gasteiger charge is 2.41. The van der Waals surface area contributed by atoms with Crippen LogP contribution in [0.15, 0.2) is 45.6 Å². The topological polar surface area (TPSA) is 72.1 Å². The zero-order valence-corrected chi connectivity index (χ0v) is 18.2. The minimum absolute atomic E-state index is 0. The molecule has 1 saturated heterocycles. The number of ether oxygens (including phenoxy) is 2. The highest BCUT2D eigenvalue weighted by atomic mass is 19.4. The zero-order chi connectivity index (χ0) is 23.8. The molecule has 1 aromatic heterocycles. The van der Waals surface area contributed by atoms with E-state index in [4.69, 9.17) is 13.9 Å². The molecule has 0 radical (unpaired) electrons. The van der Waals surface area contributed by atoms with E-state index in [9.17, 15) is 23.1 Å². The number of hydrogen-bond acceptors (Lipinski definition) is 6. The molecule has 0 aliphatic carbocycles. The zero-order valence-electron chi connectivity index (χ0n) is 18.2. The number of fused-ring (bicyclic) bond motifs is 1. The van der Waals surface area contributed by atoms with Gasteiger partial charge in [-0.05, 0) is 62.7 Å². The summed E-state index contributed by atoms with van der Waals surface area (Å²) in [6.45, 7) is 2.94. The van der Waals surface area contributed by atoms with Crippen LogP contribution in [0.5, 0.6) is 23.0 Å². The first-order valence-electron chi connectivity index (χ1n) is 10.6. The lowest BCUT2D eigenvalue weighted by Gasteiger charge is -2.33. The van der Waals surface area contributed by atoms with Crippen molar-refractivity contribution in [2.75, 3.05) is 13.7 Å². The van der Waals surface area contributed by atoms with Crippen molar-refractivity contribution in [3.63, 3.8) is 0 Å². The Bertz CT molecular complexity index is 1200. The first-order valence-corrected chi connectivity index (χ1v) is 10.6. The van der Waals surface area contributed by atoms with E-state index in [1.54, 1.807) is 0 Å². The molecule has 1 atom stereocenters. The third-order valence-corrected chi connectivity index (χ3v) is 5.94. The van der Waals surface area contributed by atoms with E-state index < -0.39 is 23.1 Å². The van der Waals surface area contributed by atoms with Gasteiger partial charge >= 0.3 is 6.18 Å². The van der Waals surface area contributed by atoms with E-state index in [1.165, 1.54) is 43.5 Å². The summed E-state index contributed by atoms with van der Waals surface area (Å²) < 4.78 is 57.4. The first kappa shape index (κ1) is 25.4. The quantitative estimate of drug-likeness (QED) is 0.461. The molecule has 0 spiro atoms. The van der Waals surface area contributed by atoms with Crippen LogP contribution in [-0.2, 0) is 12.7 Å². The molecule has 0 saturated carbocycles. The van der Waals surface area contributed by atoms with Gasteiger partial charge in [-0.1, -0.05) is 13.8 Å². The van der Waals surface area contributed by atoms with Gasteiger partial charge in [0, 0.05) is 12.6 Å². The average molecular weight is 479 g/mol. The lowest BCUT2D eigenvalue weighted by molar-refractivity contribution is -0.154. The molecule has 1 fully saturated rings. The summed E-state index contributed by atoms with van der Waals surface area (Å²) in [5.74, 6) is -2.22. The minimum atomic E-state index is -4.99. The van der Waals surface area contributed by atoms with Gasteiger partial charge in [-0.25, -0.2) is 0 Å². The second-order valence-electron chi connectivity index (χ2n) is 8.12. The smallest absolute Gasteiger partial charge is 0.453 e. The Balaban J connectivity index is 0.00000324. The third kappa shape index (κ3) is 4.99. The number of likely N-dealkylation sites (tertiary alicyclic amines) is 1. The molecule has 1 N–H and O–H groups in total. The summed E-state index contributed by atoms with van der Waals surface area (Å²) in [5, 5.41) is 10.4. The van der Waals surface area contributed by atoms with Crippen LogP contribution >= 0.6 is 0 Å². The maximum atomic E-state index is 13.9. The number of rotatable bonds is 5. The molecule has 2 aromatic carbocycles. The summed E-state index contributed by atoms with van der Waals surface area (Å²) in [7, 11) is 1.45. The Labute approximate surface area is 195 Å². The van der Waals surface area contributed by atoms with Crippen molar-refractivity contribution >= 4 is 11.0 Å². The molecule has 6 nitrogen and oxygen atoms in total. The van der Waals surface area contributed by atoms with Crippen molar-refractivity contribution in [3.8, 4) is 23.0 Å². The number of nitrogens with zero attached hydrogens (tertiary/aromatic N) is 1. The van der Waals surface area contributed by atoms with Crippen molar-refractivity contribution in [3.05, 3.63) is 57.9 Å². The molecule has 0 amide bonds. The van der Waals surface area contributed by atoms with Gasteiger partial charge in [0.05, 0.1) is 18.1 Å². The number of phenols is 1. The Morgan fingerprint density at radius 1 is 1.12 bits per heavy atom. The molecule has 34 heavy (non-hydrogen) atoms. The fraction of sp³-hybridized carbons (Fsp3) is 0.400. The summed E-state index contributed by atoms with van der Waals surface area (Å²) in [4.78, 5) is 15.2. The fourth-order valence-electron chi connectivity index (χ4n) is 4.08. The number of alkyl halides is 3. The van der Waals surface area contributed by atoms with Crippen molar-refractivity contribution in [1.82, 2.24) is 4.90 Å². The van der Waals surface area contributed by atoms with Gasteiger partial charge in [0.1, 0.15) is 22.8 Å². The largest absolute Gasteiger partial charge is 0.507 e. The lowest BCUT2D eigenvalue weighted by Crippen LogP contribution is -2.36. The van der Waals surface area contributed by atoms with Crippen LogP contribution in [-0.4, -0.2) is 29.7 Å². The van der Waals surface area contributed by atoms with Gasteiger partial charge in [-0.15, -0.1) is 0 Å². The molecular weight excluding hydrogens is 451 g/mol. The summed E-state index contributed by atoms with van der Waals surface area (Å²) in [6.07, 6.45) is -2.02. The van der Waals surface area contributed by atoms with Gasteiger partial charge in [0.25, 0.3) is 5.76 Å².